The largest absolute Gasteiger partial charge is 0.349 e. The maximum atomic E-state index is 11.7. The van der Waals surface area contributed by atoms with E-state index in [1.54, 1.807) is 6.08 Å². The Hall–Kier alpha value is -0.790. The fraction of sp³-hybridized carbons (Fsp3) is 0.842. The van der Waals surface area contributed by atoms with Gasteiger partial charge in [-0.1, -0.05) is 26.8 Å². The van der Waals surface area contributed by atoms with Gasteiger partial charge >= 0.3 is 0 Å². The molecule has 2 nitrogen and oxygen atoms in total. The van der Waals surface area contributed by atoms with E-state index in [0.29, 0.717) is 11.5 Å². The first-order valence-electron chi connectivity index (χ1n) is 8.95. The molecule has 1 heterocycles. The number of rotatable bonds is 0. The van der Waals surface area contributed by atoms with Gasteiger partial charge in [0, 0.05) is 11.5 Å². The molecule has 21 heavy (non-hydrogen) atoms. The van der Waals surface area contributed by atoms with E-state index in [2.05, 4.69) is 32.2 Å². The van der Waals surface area contributed by atoms with Crippen molar-refractivity contribution >= 4 is 5.91 Å². The second-order valence-corrected chi connectivity index (χ2v) is 8.74. The molecule has 0 spiro atoms. The van der Waals surface area contributed by atoms with Crippen molar-refractivity contribution in [2.75, 3.05) is 0 Å². The van der Waals surface area contributed by atoms with Gasteiger partial charge < -0.3 is 5.32 Å². The van der Waals surface area contributed by atoms with Gasteiger partial charge in [0.1, 0.15) is 0 Å². The zero-order chi connectivity index (χ0) is 14.8. The monoisotopic (exact) mass is 287 g/mol. The molecule has 1 N–H and O–H groups in total. The van der Waals surface area contributed by atoms with E-state index in [1.165, 1.54) is 38.5 Å². The Balaban J connectivity index is 1.68. The average molecular weight is 287 g/mol. The lowest BCUT2D eigenvalue weighted by Crippen LogP contribution is -2.59. The number of carbonyl (C=O) groups is 1. The molecule has 1 aliphatic heterocycles. The number of hydrogen-bond acceptors (Lipinski definition) is 1. The highest BCUT2D eigenvalue weighted by Crippen LogP contribution is 2.64. The highest BCUT2D eigenvalue weighted by Gasteiger charge is 2.58. The van der Waals surface area contributed by atoms with Gasteiger partial charge in [0.05, 0.1) is 0 Å². The van der Waals surface area contributed by atoms with E-state index in [1.807, 2.05) is 0 Å². The van der Waals surface area contributed by atoms with Crippen LogP contribution >= 0.6 is 0 Å². The average Bonchev–Trinajstić information content (AvgIpc) is 2.76. The summed E-state index contributed by atoms with van der Waals surface area (Å²) >= 11 is 0. The Bertz CT molecular complexity index is 498. The summed E-state index contributed by atoms with van der Waals surface area (Å²) in [5, 5.41) is 3.24. The molecule has 116 valence electrons. The number of hydrogen-bond donors (Lipinski definition) is 1. The van der Waals surface area contributed by atoms with E-state index < -0.39 is 0 Å². The van der Waals surface area contributed by atoms with Crippen molar-refractivity contribution in [2.24, 2.45) is 34.5 Å². The quantitative estimate of drug-likeness (QED) is 0.719. The SMILES string of the molecule is C[C@H]1CCC2C3CCC4NC(=O)C=C[C@]4(C)C3CC[C@@]21C. The second kappa shape index (κ2) is 4.36. The molecule has 3 aliphatic carbocycles. The molecule has 0 radical (unpaired) electrons. The lowest BCUT2D eigenvalue weighted by Gasteiger charge is -2.58. The van der Waals surface area contributed by atoms with Crippen molar-refractivity contribution in [3.63, 3.8) is 0 Å². The minimum absolute atomic E-state index is 0.117. The molecule has 1 amide bonds. The molecule has 4 rings (SSSR count). The maximum absolute atomic E-state index is 11.7. The van der Waals surface area contributed by atoms with Gasteiger partial charge in [-0.15, -0.1) is 0 Å². The summed E-state index contributed by atoms with van der Waals surface area (Å²) in [7, 11) is 0. The molecule has 4 unspecified atom stereocenters. The van der Waals surface area contributed by atoms with Crippen LogP contribution < -0.4 is 5.32 Å². The lowest BCUT2D eigenvalue weighted by molar-refractivity contribution is -0.122. The molecule has 0 aromatic carbocycles. The van der Waals surface area contributed by atoms with Gasteiger partial charge in [0.25, 0.3) is 0 Å². The summed E-state index contributed by atoms with van der Waals surface area (Å²) in [6, 6.07) is 0.374. The van der Waals surface area contributed by atoms with Gasteiger partial charge in [-0.25, -0.2) is 0 Å². The predicted molar refractivity (Wildman–Crippen MR) is 84.6 cm³/mol. The molecule has 3 saturated carbocycles. The third-order valence-electron chi connectivity index (χ3n) is 8.16. The molecule has 0 bridgehead atoms. The summed E-state index contributed by atoms with van der Waals surface area (Å²) in [5.74, 6) is 3.60. The van der Waals surface area contributed by atoms with Crippen LogP contribution in [0.4, 0.5) is 0 Å². The predicted octanol–water partition coefficient (Wildman–Crippen LogP) is 3.92. The van der Waals surface area contributed by atoms with E-state index in [9.17, 15) is 4.79 Å². The zero-order valence-electron chi connectivity index (χ0n) is 13.7. The van der Waals surface area contributed by atoms with Crippen LogP contribution in [0.15, 0.2) is 12.2 Å². The number of fused-ring (bicyclic) bond motifs is 5. The minimum Gasteiger partial charge on any atom is -0.349 e. The molecular formula is C19H29NO. The van der Waals surface area contributed by atoms with E-state index in [-0.39, 0.29) is 11.3 Å². The first-order chi connectivity index (χ1) is 9.95. The van der Waals surface area contributed by atoms with Gasteiger partial charge in [0.2, 0.25) is 5.91 Å². The molecular weight excluding hydrogens is 258 g/mol. The lowest BCUT2D eigenvalue weighted by atomic mass is 9.48. The first-order valence-corrected chi connectivity index (χ1v) is 8.95. The van der Waals surface area contributed by atoms with Gasteiger partial charge in [-0.3, -0.25) is 4.79 Å². The summed E-state index contributed by atoms with van der Waals surface area (Å²) in [4.78, 5) is 11.7. The Morgan fingerprint density at radius 1 is 1.10 bits per heavy atom. The number of amides is 1. The standard InChI is InChI=1S/C19H29NO/c1-12-4-6-14-13-5-7-16-19(3,11-9-17(21)20-16)15(13)8-10-18(12,14)2/h9,11-16H,4-8,10H2,1-3H3,(H,20,21)/t12-,13?,14?,15?,16?,18+,19+/m0/s1. The third kappa shape index (κ3) is 1.74. The highest BCUT2D eigenvalue weighted by molar-refractivity contribution is 5.89. The fourth-order valence-electron chi connectivity index (χ4n) is 6.60. The second-order valence-electron chi connectivity index (χ2n) is 8.74. The summed E-state index contributed by atoms with van der Waals surface area (Å²) in [5.41, 5.74) is 0.788. The van der Waals surface area contributed by atoms with Crippen LogP contribution in [0.2, 0.25) is 0 Å². The molecule has 0 saturated heterocycles. The van der Waals surface area contributed by atoms with Crippen LogP contribution in [-0.4, -0.2) is 11.9 Å². The van der Waals surface area contributed by atoms with E-state index >= 15 is 0 Å². The number of nitrogens with one attached hydrogen (secondary N) is 1. The normalized spacial score (nSPS) is 55.4. The van der Waals surface area contributed by atoms with Crippen molar-refractivity contribution in [1.82, 2.24) is 5.32 Å². The van der Waals surface area contributed by atoms with Crippen LogP contribution in [0.5, 0.6) is 0 Å². The Morgan fingerprint density at radius 3 is 2.71 bits per heavy atom. The van der Waals surface area contributed by atoms with Crippen LogP contribution in [-0.2, 0) is 4.79 Å². The summed E-state index contributed by atoms with van der Waals surface area (Å²) in [6.07, 6.45) is 12.2. The zero-order valence-corrected chi connectivity index (χ0v) is 13.7. The molecule has 7 atom stereocenters. The van der Waals surface area contributed by atoms with Gasteiger partial charge in [-0.05, 0) is 73.7 Å². The summed E-state index contributed by atoms with van der Waals surface area (Å²) in [6.45, 7) is 7.46. The fourth-order valence-corrected chi connectivity index (χ4v) is 6.60. The van der Waals surface area contributed by atoms with E-state index in [0.717, 1.165) is 23.7 Å². The molecule has 4 aliphatic rings. The van der Waals surface area contributed by atoms with Crippen LogP contribution in [0.25, 0.3) is 0 Å². The topological polar surface area (TPSA) is 29.1 Å². The van der Waals surface area contributed by atoms with Crippen LogP contribution in [0, 0.1) is 34.5 Å². The molecule has 0 aromatic heterocycles. The molecule has 2 heteroatoms. The highest BCUT2D eigenvalue weighted by atomic mass is 16.1. The summed E-state index contributed by atoms with van der Waals surface area (Å²) < 4.78 is 0. The Kier molecular flexibility index (Phi) is 2.88. The Labute approximate surface area is 128 Å². The first kappa shape index (κ1) is 13.8. The van der Waals surface area contributed by atoms with E-state index in [4.69, 9.17) is 0 Å². The maximum Gasteiger partial charge on any atom is 0.243 e. The minimum atomic E-state index is 0.117. The van der Waals surface area contributed by atoms with Crippen molar-refractivity contribution in [2.45, 2.75) is 65.3 Å². The van der Waals surface area contributed by atoms with Crippen molar-refractivity contribution in [3.05, 3.63) is 12.2 Å². The Morgan fingerprint density at radius 2 is 1.90 bits per heavy atom. The van der Waals surface area contributed by atoms with Crippen LogP contribution in [0.1, 0.15) is 59.3 Å². The van der Waals surface area contributed by atoms with Gasteiger partial charge in [-0.2, -0.15) is 0 Å². The van der Waals surface area contributed by atoms with Crippen LogP contribution in [0.3, 0.4) is 0 Å². The molecule has 3 fully saturated rings. The van der Waals surface area contributed by atoms with Crippen molar-refractivity contribution in [3.8, 4) is 0 Å². The van der Waals surface area contributed by atoms with Crippen molar-refractivity contribution < 1.29 is 4.79 Å². The third-order valence-corrected chi connectivity index (χ3v) is 8.16. The molecule has 0 aromatic rings. The van der Waals surface area contributed by atoms with Crippen molar-refractivity contribution in [1.29, 1.82) is 0 Å². The smallest absolute Gasteiger partial charge is 0.243 e. The van der Waals surface area contributed by atoms with Gasteiger partial charge in [0.15, 0.2) is 0 Å². The number of carbonyl (C=O) groups excluding carboxylic acids is 1.